The molecule has 0 aromatic heterocycles. The molecule has 0 aliphatic heterocycles. The van der Waals surface area contributed by atoms with Crippen molar-refractivity contribution in [3.63, 3.8) is 0 Å². The summed E-state index contributed by atoms with van der Waals surface area (Å²) in [5, 5.41) is 2.57. The zero-order chi connectivity index (χ0) is 21.6. The Kier molecular flexibility index (Phi) is 6.96. The number of benzene rings is 4. The molecule has 0 saturated heterocycles. The molecule has 0 fully saturated rings. The van der Waals surface area contributed by atoms with Crippen LogP contribution in [0, 0.1) is 0 Å². The van der Waals surface area contributed by atoms with Gasteiger partial charge in [0, 0.05) is 17.4 Å². The Morgan fingerprint density at radius 1 is 0.774 bits per heavy atom. The van der Waals surface area contributed by atoms with Crippen molar-refractivity contribution in [3.8, 4) is 5.75 Å². The Morgan fingerprint density at radius 2 is 1.42 bits per heavy atom. The van der Waals surface area contributed by atoms with Crippen LogP contribution in [0.3, 0.4) is 0 Å². The van der Waals surface area contributed by atoms with Crippen molar-refractivity contribution >= 4 is 22.5 Å². The van der Waals surface area contributed by atoms with Crippen LogP contribution in [-0.4, -0.2) is 38.4 Å². The first-order valence-electron chi connectivity index (χ1n) is 10.6. The van der Waals surface area contributed by atoms with E-state index < -0.39 is 0 Å². The molecule has 0 amide bonds. The summed E-state index contributed by atoms with van der Waals surface area (Å²) >= 11 is 1.77. The minimum absolute atomic E-state index is 0.165. The van der Waals surface area contributed by atoms with Crippen LogP contribution in [0.25, 0.3) is 10.8 Å². The van der Waals surface area contributed by atoms with Crippen molar-refractivity contribution in [2.75, 3.05) is 33.5 Å². The van der Waals surface area contributed by atoms with E-state index in [1.807, 2.05) is 0 Å². The fourth-order valence-corrected chi connectivity index (χ4v) is 4.36. The summed E-state index contributed by atoms with van der Waals surface area (Å²) < 4.78 is 5.92. The quantitative estimate of drug-likeness (QED) is 0.230. The van der Waals surface area contributed by atoms with Crippen molar-refractivity contribution in [3.05, 3.63) is 108 Å². The molecule has 4 aromatic rings. The molecular weight excluding hydrogens is 398 g/mol. The molecule has 0 saturated carbocycles. The van der Waals surface area contributed by atoms with Crippen molar-refractivity contribution in [1.82, 2.24) is 4.90 Å². The summed E-state index contributed by atoms with van der Waals surface area (Å²) in [6.07, 6.45) is 2.12. The third-order valence-corrected chi connectivity index (χ3v) is 6.35. The lowest BCUT2D eigenvalue weighted by Gasteiger charge is -2.21. The molecule has 0 radical (unpaired) electrons. The number of hydrogen-bond donors (Lipinski definition) is 0. The zero-order valence-corrected chi connectivity index (χ0v) is 19.2. The maximum atomic E-state index is 5.92. The third kappa shape index (κ3) is 5.12. The van der Waals surface area contributed by atoms with Crippen LogP contribution < -0.4 is 4.74 Å². The van der Waals surface area contributed by atoms with Crippen molar-refractivity contribution < 1.29 is 4.74 Å². The monoisotopic (exact) mass is 427 g/mol. The molecule has 3 heteroatoms. The van der Waals surface area contributed by atoms with Gasteiger partial charge in [-0.1, -0.05) is 66.7 Å². The molecule has 0 N–H and O–H groups in total. The smallest absolute Gasteiger partial charge is 0.119 e. The molecule has 4 rings (SSSR count). The van der Waals surface area contributed by atoms with E-state index in [9.17, 15) is 0 Å². The van der Waals surface area contributed by atoms with Crippen LogP contribution in [0.1, 0.15) is 22.6 Å². The van der Waals surface area contributed by atoms with Gasteiger partial charge in [-0.3, -0.25) is 0 Å². The molecule has 1 unspecified atom stereocenters. The zero-order valence-electron chi connectivity index (χ0n) is 18.4. The van der Waals surface area contributed by atoms with Crippen LogP contribution >= 0.6 is 11.8 Å². The predicted octanol–water partition coefficient (Wildman–Crippen LogP) is 6.68. The topological polar surface area (TPSA) is 12.5 Å². The van der Waals surface area contributed by atoms with Crippen LogP contribution in [0.15, 0.2) is 95.9 Å². The molecule has 1 atom stereocenters. The van der Waals surface area contributed by atoms with Crippen molar-refractivity contribution in [2.24, 2.45) is 0 Å². The normalized spacial score (nSPS) is 12.3. The van der Waals surface area contributed by atoms with Gasteiger partial charge in [0.25, 0.3) is 0 Å². The summed E-state index contributed by atoms with van der Waals surface area (Å²) in [5.41, 5.74) is 3.90. The average molecular weight is 428 g/mol. The Balaban J connectivity index is 1.74. The van der Waals surface area contributed by atoms with Gasteiger partial charge in [0.05, 0.1) is 0 Å². The maximum Gasteiger partial charge on any atom is 0.119 e. The number of nitrogens with zero attached hydrogens (tertiary/aromatic N) is 1. The summed E-state index contributed by atoms with van der Waals surface area (Å²) in [5.74, 6) is 1.08. The molecule has 31 heavy (non-hydrogen) atoms. The van der Waals surface area contributed by atoms with Crippen molar-refractivity contribution in [1.29, 1.82) is 0 Å². The summed E-state index contributed by atoms with van der Waals surface area (Å²) in [6.45, 7) is 1.59. The Bertz CT molecular complexity index is 1110. The number of thioether (sulfide) groups is 1. The van der Waals surface area contributed by atoms with Gasteiger partial charge >= 0.3 is 0 Å². The fraction of sp³-hybridized carbons (Fsp3) is 0.214. The van der Waals surface area contributed by atoms with Crippen LogP contribution in [0.2, 0.25) is 0 Å². The average Bonchev–Trinajstić information content (AvgIpc) is 2.81. The summed E-state index contributed by atoms with van der Waals surface area (Å²) in [7, 11) is 4.12. The van der Waals surface area contributed by atoms with Crippen LogP contribution in [-0.2, 0) is 0 Å². The largest absolute Gasteiger partial charge is 0.492 e. The highest BCUT2D eigenvalue weighted by Crippen LogP contribution is 2.37. The van der Waals surface area contributed by atoms with Gasteiger partial charge < -0.3 is 9.64 Å². The van der Waals surface area contributed by atoms with Gasteiger partial charge in [0.1, 0.15) is 12.4 Å². The second kappa shape index (κ2) is 10.0. The maximum absolute atomic E-state index is 5.92. The lowest BCUT2D eigenvalue weighted by molar-refractivity contribution is 0.261. The Morgan fingerprint density at radius 3 is 2.10 bits per heavy atom. The molecule has 158 valence electrons. The number of ether oxygens (including phenoxy) is 1. The molecule has 0 aliphatic carbocycles. The Labute approximate surface area is 189 Å². The Hall–Kier alpha value is -2.75. The van der Waals surface area contributed by atoms with E-state index in [4.69, 9.17) is 4.74 Å². The minimum Gasteiger partial charge on any atom is -0.492 e. The first kappa shape index (κ1) is 21.5. The number of hydrogen-bond acceptors (Lipinski definition) is 3. The first-order chi connectivity index (χ1) is 15.2. The van der Waals surface area contributed by atoms with E-state index >= 15 is 0 Å². The predicted molar refractivity (Wildman–Crippen MR) is 134 cm³/mol. The highest BCUT2D eigenvalue weighted by molar-refractivity contribution is 7.98. The lowest BCUT2D eigenvalue weighted by atomic mass is 9.83. The van der Waals surface area contributed by atoms with Gasteiger partial charge in [-0.15, -0.1) is 11.8 Å². The van der Waals surface area contributed by atoms with E-state index in [-0.39, 0.29) is 5.92 Å². The highest BCUT2D eigenvalue weighted by Gasteiger charge is 2.19. The van der Waals surface area contributed by atoms with E-state index in [2.05, 4.69) is 116 Å². The lowest BCUT2D eigenvalue weighted by Crippen LogP contribution is -2.19. The second-order valence-corrected chi connectivity index (χ2v) is 8.87. The number of rotatable bonds is 8. The van der Waals surface area contributed by atoms with Crippen LogP contribution in [0.5, 0.6) is 5.75 Å². The molecule has 4 aromatic carbocycles. The SMILES string of the molecule is CSc1ccc(C(c2ccc(OCCN(C)C)cc2)c2cccc3ccccc23)cc1. The van der Waals surface area contributed by atoms with Crippen LogP contribution in [0.4, 0.5) is 0 Å². The van der Waals surface area contributed by atoms with E-state index in [1.54, 1.807) is 11.8 Å². The van der Waals surface area contributed by atoms with E-state index in [1.165, 1.54) is 32.4 Å². The van der Waals surface area contributed by atoms with E-state index in [0.29, 0.717) is 6.61 Å². The summed E-state index contributed by atoms with van der Waals surface area (Å²) in [6, 6.07) is 32.8. The highest BCUT2D eigenvalue weighted by atomic mass is 32.2. The standard InChI is InChI=1S/C28H29NOS/c1-29(2)19-20-30-24-15-11-22(12-16-24)28(23-13-17-25(31-3)18-14-23)27-10-6-8-21-7-4-5-9-26(21)27/h4-18,28H,19-20H2,1-3H3. The molecule has 0 spiro atoms. The minimum atomic E-state index is 0.165. The van der Waals surface area contributed by atoms with Gasteiger partial charge in [-0.25, -0.2) is 0 Å². The fourth-order valence-electron chi connectivity index (χ4n) is 3.95. The first-order valence-corrected chi connectivity index (χ1v) is 11.9. The molecule has 0 heterocycles. The summed E-state index contributed by atoms with van der Waals surface area (Å²) in [4.78, 5) is 3.41. The molecule has 0 bridgehead atoms. The van der Waals surface area contributed by atoms with Crippen molar-refractivity contribution in [2.45, 2.75) is 10.8 Å². The second-order valence-electron chi connectivity index (χ2n) is 8.00. The molecule has 2 nitrogen and oxygen atoms in total. The van der Waals surface area contributed by atoms with Gasteiger partial charge in [-0.05, 0) is 72.1 Å². The number of fused-ring (bicyclic) bond motifs is 1. The third-order valence-electron chi connectivity index (χ3n) is 5.60. The van der Waals surface area contributed by atoms with Gasteiger partial charge in [0.15, 0.2) is 0 Å². The van der Waals surface area contributed by atoms with Gasteiger partial charge in [-0.2, -0.15) is 0 Å². The van der Waals surface area contributed by atoms with Gasteiger partial charge in [0.2, 0.25) is 0 Å². The number of likely N-dealkylation sites (N-methyl/N-ethyl adjacent to an activating group) is 1. The molecule has 0 aliphatic rings. The van der Waals surface area contributed by atoms with E-state index in [0.717, 1.165) is 12.3 Å². The molecular formula is C28H29NOS.